The van der Waals surface area contributed by atoms with Crippen LogP contribution >= 0.6 is 0 Å². The molecule has 1 heteroatoms. The van der Waals surface area contributed by atoms with Crippen LogP contribution in [0.25, 0.3) is 0 Å². The average molecular weight is 166 g/mol. The molecule has 12 heavy (non-hydrogen) atoms. The first kappa shape index (κ1) is 9.37. The minimum absolute atomic E-state index is 0.402. The van der Waals surface area contributed by atoms with Crippen LogP contribution < -0.4 is 0 Å². The summed E-state index contributed by atoms with van der Waals surface area (Å²) >= 11 is 0. The van der Waals surface area contributed by atoms with Crippen LogP contribution in [0.5, 0.6) is 0 Å². The normalized spacial score (nSPS) is 16.4. The first-order chi connectivity index (χ1) is 5.86. The third-order valence-corrected chi connectivity index (χ3v) is 2.17. The van der Waals surface area contributed by atoms with Gasteiger partial charge in [-0.05, 0) is 37.8 Å². The van der Waals surface area contributed by atoms with E-state index in [1.54, 1.807) is 0 Å². The molecule has 1 aliphatic rings. The fraction of sp³-hybridized carbons (Fsp3) is 0.636. The van der Waals surface area contributed by atoms with E-state index in [0.29, 0.717) is 6.10 Å². The van der Waals surface area contributed by atoms with Gasteiger partial charge in [0.25, 0.3) is 0 Å². The minimum atomic E-state index is 0.402. The van der Waals surface area contributed by atoms with E-state index in [4.69, 9.17) is 4.74 Å². The Hall–Kier alpha value is -0.720. The first-order valence-corrected chi connectivity index (χ1v) is 4.90. The molecule has 0 unspecified atom stereocenters. The Bertz CT molecular complexity index is 175. The van der Waals surface area contributed by atoms with E-state index in [9.17, 15) is 0 Å². The zero-order valence-corrected chi connectivity index (χ0v) is 8.05. The van der Waals surface area contributed by atoms with Gasteiger partial charge in [-0.3, -0.25) is 0 Å². The summed E-state index contributed by atoms with van der Waals surface area (Å²) in [7, 11) is 0. The maximum absolute atomic E-state index is 5.76. The predicted octanol–water partition coefficient (Wildman–Crippen LogP) is 3.43. The van der Waals surface area contributed by atoms with Crippen molar-refractivity contribution in [3.63, 3.8) is 0 Å². The SMILES string of the molecule is CCC(CC)OC1=CCCC=C1. The highest BCUT2D eigenvalue weighted by atomic mass is 16.5. The number of hydrogen-bond donors (Lipinski definition) is 0. The largest absolute Gasteiger partial charge is 0.491 e. The minimum Gasteiger partial charge on any atom is -0.491 e. The number of hydrogen-bond acceptors (Lipinski definition) is 1. The van der Waals surface area contributed by atoms with Crippen LogP contribution in [0, 0.1) is 0 Å². The molecule has 0 fully saturated rings. The molecule has 0 radical (unpaired) electrons. The average Bonchev–Trinajstić information content (AvgIpc) is 2.16. The van der Waals surface area contributed by atoms with Crippen LogP contribution in [0.3, 0.4) is 0 Å². The van der Waals surface area contributed by atoms with Crippen molar-refractivity contribution in [2.45, 2.75) is 45.6 Å². The number of ether oxygens (including phenoxy) is 1. The molecule has 0 aromatic heterocycles. The van der Waals surface area contributed by atoms with Crippen molar-refractivity contribution in [2.24, 2.45) is 0 Å². The number of allylic oxidation sites excluding steroid dienone is 3. The summed E-state index contributed by atoms with van der Waals surface area (Å²) in [6.07, 6.45) is 11.3. The Balaban J connectivity index is 2.38. The summed E-state index contributed by atoms with van der Waals surface area (Å²) in [6, 6.07) is 0. The van der Waals surface area contributed by atoms with Crippen LogP contribution in [0.4, 0.5) is 0 Å². The third-order valence-electron chi connectivity index (χ3n) is 2.17. The molecule has 0 bridgehead atoms. The Labute approximate surface area is 75.1 Å². The standard InChI is InChI=1S/C11H18O/c1-3-10(4-2)12-11-8-6-5-7-9-11/h6,8-10H,3-5,7H2,1-2H3. The van der Waals surface area contributed by atoms with E-state index in [0.717, 1.165) is 31.4 Å². The molecular formula is C11H18O. The lowest BCUT2D eigenvalue weighted by Crippen LogP contribution is -2.09. The monoisotopic (exact) mass is 166 g/mol. The Morgan fingerprint density at radius 1 is 1.33 bits per heavy atom. The molecule has 0 spiro atoms. The molecule has 0 saturated heterocycles. The summed E-state index contributed by atoms with van der Waals surface area (Å²) in [4.78, 5) is 0. The van der Waals surface area contributed by atoms with E-state index in [-0.39, 0.29) is 0 Å². The van der Waals surface area contributed by atoms with Crippen LogP contribution in [0.2, 0.25) is 0 Å². The fourth-order valence-electron chi connectivity index (χ4n) is 1.32. The third kappa shape index (κ3) is 2.72. The smallest absolute Gasteiger partial charge is 0.115 e. The molecule has 0 atom stereocenters. The van der Waals surface area contributed by atoms with Gasteiger partial charge in [0, 0.05) is 0 Å². The van der Waals surface area contributed by atoms with Crippen LogP contribution in [-0.4, -0.2) is 6.10 Å². The topological polar surface area (TPSA) is 9.23 Å². The maximum Gasteiger partial charge on any atom is 0.115 e. The van der Waals surface area contributed by atoms with Gasteiger partial charge in [0.2, 0.25) is 0 Å². The van der Waals surface area contributed by atoms with Gasteiger partial charge < -0.3 is 4.74 Å². The quantitative estimate of drug-likeness (QED) is 0.621. The molecule has 0 saturated carbocycles. The van der Waals surface area contributed by atoms with Crippen molar-refractivity contribution in [3.8, 4) is 0 Å². The van der Waals surface area contributed by atoms with Crippen molar-refractivity contribution in [1.29, 1.82) is 0 Å². The molecule has 1 rings (SSSR count). The lowest BCUT2D eigenvalue weighted by Gasteiger charge is -2.17. The predicted molar refractivity (Wildman–Crippen MR) is 51.9 cm³/mol. The van der Waals surface area contributed by atoms with Crippen molar-refractivity contribution in [1.82, 2.24) is 0 Å². The van der Waals surface area contributed by atoms with Gasteiger partial charge in [0.1, 0.15) is 5.76 Å². The second kappa shape index (κ2) is 5.02. The van der Waals surface area contributed by atoms with Gasteiger partial charge in [-0.1, -0.05) is 19.9 Å². The van der Waals surface area contributed by atoms with Crippen LogP contribution in [-0.2, 0) is 4.74 Å². The molecule has 0 aliphatic heterocycles. The van der Waals surface area contributed by atoms with Crippen LogP contribution in [0.1, 0.15) is 39.5 Å². The lowest BCUT2D eigenvalue weighted by molar-refractivity contribution is 0.116. The zero-order valence-electron chi connectivity index (χ0n) is 8.05. The van der Waals surface area contributed by atoms with Gasteiger partial charge in [-0.15, -0.1) is 0 Å². The number of rotatable bonds is 4. The first-order valence-electron chi connectivity index (χ1n) is 4.90. The van der Waals surface area contributed by atoms with Gasteiger partial charge in [0.05, 0.1) is 6.10 Å². The van der Waals surface area contributed by atoms with E-state index in [1.807, 2.05) is 0 Å². The van der Waals surface area contributed by atoms with Crippen molar-refractivity contribution in [3.05, 3.63) is 24.0 Å². The highest BCUT2D eigenvalue weighted by Gasteiger charge is 2.06. The molecular weight excluding hydrogens is 148 g/mol. The van der Waals surface area contributed by atoms with Crippen molar-refractivity contribution < 1.29 is 4.74 Å². The molecule has 0 N–H and O–H groups in total. The van der Waals surface area contributed by atoms with Gasteiger partial charge in [-0.2, -0.15) is 0 Å². The Morgan fingerprint density at radius 2 is 2.08 bits per heavy atom. The summed E-state index contributed by atoms with van der Waals surface area (Å²) in [5.74, 6) is 1.06. The van der Waals surface area contributed by atoms with E-state index in [2.05, 4.69) is 32.1 Å². The molecule has 1 aliphatic carbocycles. The fourth-order valence-corrected chi connectivity index (χ4v) is 1.32. The van der Waals surface area contributed by atoms with Crippen molar-refractivity contribution in [2.75, 3.05) is 0 Å². The van der Waals surface area contributed by atoms with Gasteiger partial charge >= 0.3 is 0 Å². The van der Waals surface area contributed by atoms with E-state index < -0.39 is 0 Å². The van der Waals surface area contributed by atoms with E-state index in [1.165, 1.54) is 0 Å². The summed E-state index contributed by atoms with van der Waals surface area (Å²) in [5.41, 5.74) is 0. The maximum atomic E-state index is 5.76. The highest BCUT2D eigenvalue weighted by molar-refractivity contribution is 5.16. The lowest BCUT2D eigenvalue weighted by atomic mass is 10.1. The second-order valence-corrected chi connectivity index (χ2v) is 3.14. The molecule has 68 valence electrons. The van der Waals surface area contributed by atoms with Crippen LogP contribution in [0.15, 0.2) is 24.0 Å². The highest BCUT2D eigenvalue weighted by Crippen LogP contribution is 2.15. The summed E-state index contributed by atoms with van der Waals surface area (Å²) in [6.45, 7) is 4.34. The Morgan fingerprint density at radius 3 is 2.58 bits per heavy atom. The van der Waals surface area contributed by atoms with E-state index >= 15 is 0 Å². The Kier molecular flexibility index (Phi) is 3.92. The molecule has 0 aromatic rings. The molecule has 0 amide bonds. The van der Waals surface area contributed by atoms with Gasteiger partial charge in [0.15, 0.2) is 0 Å². The molecule has 0 heterocycles. The molecule has 1 nitrogen and oxygen atoms in total. The second-order valence-electron chi connectivity index (χ2n) is 3.14. The summed E-state index contributed by atoms with van der Waals surface area (Å²) in [5, 5.41) is 0. The summed E-state index contributed by atoms with van der Waals surface area (Å²) < 4.78 is 5.76. The zero-order chi connectivity index (χ0) is 8.81. The molecule has 0 aromatic carbocycles. The van der Waals surface area contributed by atoms with Gasteiger partial charge in [-0.25, -0.2) is 0 Å². The van der Waals surface area contributed by atoms with Crippen molar-refractivity contribution >= 4 is 0 Å².